The second kappa shape index (κ2) is 6.35. The number of hydrogen-bond donors (Lipinski definition) is 1. The molecule has 0 saturated carbocycles. The van der Waals surface area contributed by atoms with Crippen LogP contribution in [0.25, 0.3) is 0 Å². The molecular formula is C12H18F3N5OS. The lowest BCUT2D eigenvalue weighted by Crippen LogP contribution is -2.43. The molecular weight excluding hydrogens is 319 g/mol. The van der Waals surface area contributed by atoms with Gasteiger partial charge in [0, 0.05) is 13.1 Å². The highest BCUT2D eigenvalue weighted by Gasteiger charge is 2.38. The summed E-state index contributed by atoms with van der Waals surface area (Å²) < 4.78 is 38.0. The van der Waals surface area contributed by atoms with Gasteiger partial charge in [-0.2, -0.15) is 13.2 Å². The Balaban J connectivity index is 1.96. The van der Waals surface area contributed by atoms with Crippen molar-refractivity contribution in [3.05, 3.63) is 5.82 Å². The maximum Gasteiger partial charge on any atom is 0.453 e. The first kappa shape index (κ1) is 16.9. The van der Waals surface area contributed by atoms with Crippen LogP contribution in [-0.2, 0) is 11.0 Å². The van der Waals surface area contributed by atoms with Gasteiger partial charge in [0.2, 0.25) is 11.1 Å². The molecule has 0 radical (unpaired) electrons. The van der Waals surface area contributed by atoms with Crippen LogP contribution in [0.3, 0.4) is 0 Å². The first-order chi connectivity index (χ1) is 10.2. The van der Waals surface area contributed by atoms with Gasteiger partial charge in [0.1, 0.15) is 0 Å². The SMILES string of the molecule is CC1CC(C)CN(C(=O)CSc2nnc(C(F)(F)F)n2N)C1. The van der Waals surface area contributed by atoms with Crippen LogP contribution in [-0.4, -0.2) is 44.5 Å². The van der Waals surface area contributed by atoms with E-state index in [9.17, 15) is 18.0 Å². The van der Waals surface area contributed by atoms with Crippen LogP contribution in [0.1, 0.15) is 26.1 Å². The van der Waals surface area contributed by atoms with Crippen molar-refractivity contribution in [2.75, 3.05) is 24.7 Å². The summed E-state index contributed by atoms with van der Waals surface area (Å²) in [5.41, 5.74) is 0. The average molecular weight is 337 g/mol. The van der Waals surface area contributed by atoms with E-state index < -0.39 is 12.0 Å². The lowest BCUT2D eigenvalue weighted by molar-refractivity contribution is -0.146. The van der Waals surface area contributed by atoms with Crippen molar-refractivity contribution in [1.29, 1.82) is 0 Å². The highest BCUT2D eigenvalue weighted by atomic mass is 32.2. The van der Waals surface area contributed by atoms with E-state index in [0.717, 1.165) is 18.2 Å². The van der Waals surface area contributed by atoms with Crippen molar-refractivity contribution >= 4 is 17.7 Å². The fourth-order valence-corrected chi connectivity index (χ4v) is 3.41. The first-order valence-corrected chi connectivity index (χ1v) is 7.85. The molecule has 0 aliphatic carbocycles. The van der Waals surface area contributed by atoms with E-state index in [1.54, 1.807) is 4.90 Å². The fourth-order valence-electron chi connectivity index (χ4n) is 2.65. The number of amides is 1. The monoisotopic (exact) mass is 337 g/mol. The molecule has 1 saturated heterocycles. The number of hydrogen-bond acceptors (Lipinski definition) is 5. The number of carbonyl (C=O) groups is 1. The molecule has 10 heteroatoms. The van der Waals surface area contributed by atoms with E-state index in [1.165, 1.54) is 0 Å². The van der Waals surface area contributed by atoms with Crippen LogP contribution < -0.4 is 5.84 Å². The zero-order valence-electron chi connectivity index (χ0n) is 12.3. The van der Waals surface area contributed by atoms with Crippen molar-refractivity contribution in [2.24, 2.45) is 11.8 Å². The molecule has 0 aromatic carbocycles. The number of carbonyl (C=O) groups excluding carboxylic acids is 1. The zero-order chi connectivity index (χ0) is 16.5. The second-order valence-corrected chi connectivity index (χ2v) is 6.65. The molecule has 1 aromatic rings. The lowest BCUT2D eigenvalue weighted by atomic mass is 9.92. The van der Waals surface area contributed by atoms with Crippen LogP contribution >= 0.6 is 11.8 Å². The van der Waals surface area contributed by atoms with Gasteiger partial charge in [-0.15, -0.1) is 10.2 Å². The summed E-state index contributed by atoms with van der Waals surface area (Å²) in [5.74, 6) is 4.76. The smallest absolute Gasteiger partial charge is 0.341 e. The number of nitrogens with two attached hydrogens (primary N) is 1. The molecule has 2 N–H and O–H groups in total. The zero-order valence-corrected chi connectivity index (χ0v) is 13.1. The summed E-state index contributed by atoms with van der Waals surface area (Å²) in [6.45, 7) is 5.50. The normalized spacial score (nSPS) is 22.9. The largest absolute Gasteiger partial charge is 0.453 e. The van der Waals surface area contributed by atoms with E-state index in [0.29, 0.717) is 29.6 Å². The average Bonchev–Trinajstić information content (AvgIpc) is 2.76. The summed E-state index contributed by atoms with van der Waals surface area (Å²) in [4.78, 5) is 13.9. The van der Waals surface area contributed by atoms with Crippen molar-refractivity contribution in [1.82, 2.24) is 19.8 Å². The van der Waals surface area contributed by atoms with Gasteiger partial charge in [0.25, 0.3) is 5.82 Å². The summed E-state index contributed by atoms with van der Waals surface area (Å²) in [7, 11) is 0. The predicted molar refractivity (Wildman–Crippen MR) is 75.4 cm³/mol. The number of halogens is 3. The molecule has 1 aromatic heterocycles. The molecule has 0 bridgehead atoms. The van der Waals surface area contributed by atoms with Gasteiger partial charge in [-0.1, -0.05) is 25.6 Å². The minimum Gasteiger partial charge on any atom is -0.341 e. The highest BCUT2D eigenvalue weighted by Crippen LogP contribution is 2.29. The molecule has 1 aliphatic rings. The van der Waals surface area contributed by atoms with Gasteiger partial charge in [-0.25, -0.2) is 4.68 Å². The van der Waals surface area contributed by atoms with Crippen LogP contribution in [0.4, 0.5) is 13.2 Å². The number of aromatic nitrogens is 3. The third-order valence-corrected chi connectivity index (χ3v) is 4.39. The summed E-state index contributed by atoms with van der Waals surface area (Å²) in [5, 5.41) is 6.28. The Kier molecular flexibility index (Phi) is 4.88. The van der Waals surface area contributed by atoms with Crippen molar-refractivity contribution in [3.63, 3.8) is 0 Å². The van der Waals surface area contributed by atoms with Crippen molar-refractivity contribution < 1.29 is 18.0 Å². The molecule has 124 valence electrons. The Morgan fingerprint density at radius 2 is 1.91 bits per heavy atom. The summed E-state index contributed by atoms with van der Waals surface area (Å²) >= 11 is 0.861. The number of nitrogens with zero attached hydrogens (tertiary/aromatic N) is 4. The van der Waals surface area contributed by atoms with Gasteiger partial charge in [-0.3, -0.25) is 4.79 Å². The second-order valence-electron chi connectivity index (χ2n) is 5.71. The minimum absolute atomic E-state index is 0.00731. The number of rotatable bonds is 3. The number of alkyl halides is 3. The van der Waals surface area contributed by atoms with Gasteiger partial charge in [0.05, 0.1) is 5.75 Å². The van der Waals surface area contributed by atoms with Crippen LogP contribution in [0.15, 0.2) is 5.16 Å². The molecule has 2 unspecified atom stereocenters. The Hall–Kier alpha value is -1.45. The maximum atomic E-state index is 12.6. The molecule has 22 heavy (non-hydrogen) atoms. The van der Waals surface area contributed by atoms with Gasteiger partial charge in [0.15, 0.2) is 0 Å². The Bertz CT molecular complexity index is 537. The third kappa shape index (κ3) is 3.84. The third-order valence-electron chi connectivity index (χ3n) is 3.46. The molecule has 1 amide bonds. The first-order valence-electron chi connectivity index (χ1n) is 6.86. The van der Waals surface area contributed by atoms with Gasteiger partial charge in [-0.05, 0) is 18.3 Å². The Morgan fingerprint density at radius 3 is 2.41 bits per heavy atom. The molecule has 0 spiro atoms. The molecule has 6 nitrogen and oxygen atoms in total. The summed E-state index contributed by atoms with van der Waals surface area (Å²) in [6, 6.07) is 0. The molecule has 2 atom stereocenters. The summed E-state index contributed by atoms with van der Waals surface area (Å²) in [6.07, 6.45) is -3.59. The molecule has 1 aliphatic heterocycles. The maximum absolute atomic E-state index is 12.6. The van der Waals surface area contributed by atoms with E-state index in [1.807, 2.05) is 0 Å². The topological polar surface area (TPSA) is 77.0 Å². The van der Waals surface area contributed by atoms with Crippen molar-refractivity contribution in [3.8, 4) is 0 Å². The van der Waals surface area contributed by atoms with E-state index >= 15 is 0 Å². The van der Waals surface area contributed by atoms with Crippen LogP contribution in [0.2, 0.25) is 0 Å². The van der Waals surface area contributed by atoms with E-state index in [2.05, 4.69) is 24.0 Å². The van der Waals surface area contributed by atoms with E-state index in [4.69, 9.17) is 5.84 Å². The Morgan fingerprint density at radius 1 is 1.32 bits per heavy atom. The highest BCUT2D eigenvalue weighted by molar-refractivity contribution is 7.99. The Labute approximate surface area is 130 Å². The number of thioether (sulfide) groups is 1. The standard InChI is InChI=1S/C12H18F3N5OS/c1-7-3-8(2)5-19(4-7)9(21)6-22-11-18-17-10(20(11)16)12(13,14)15/h7-8H,3-6,16H2,1-2H3. The number of likely N-dealkylation sites (tertiary alicyclic amines) is 1. The van der Waals surface area contributed by atoms with E-state index in [-0.39, 0.29) is 16.8 Å². The molecule has 2 rings (SSSR count). The van der Waals surface area contributed by atoms with Crippen LogP contribution in [0, 0.1) is 11.8 Å². The molecule has 1 fully saturated rings. The molecule has 2 heterocycles. The minimum atomic E-state index is -4.66. The number of piperidine rings is 1. The van der Waals surface area contributed by atoms with Crippen LogP contribution in [0.5, 0.6) is 0 Å². The quantitative estimate of drug-likeness (QED) is 0.670. The van der Waals surface area contributed by atoms with Crippen molar-refractivity contribution in [2.45, 2.75) is 31.6 Å². The van der Waals surface area contributed by atoms with Gasteiger partial charge < -0.3 is 10.7 Å². The predicted octanol–water partition coefficient (Wildman–Crippen LogP) is 1.61. The number of nitrogen functional groups attached to an aromatic ring is 1. The fraction of sp³-hybridized carbons (Fsp3) is 0.750. The van der Waals surface area contributed by atoms with Gasteiger partial charge >= 0.3 is 6.18 Å². The lowest BCUT2D eigenvalue weighted by Gasteiger charge is -2.34.